The molecule has 2 rings (SSSR count). The predicted molar refractivity (Wildman–Crippen MR) is 74.5 cm³/mol. The van der Waals surface area contributed by atoms with E-state index in [-0.39, 0.29) is 5.97 Å². The third-order valence-corrected chi connectivity index (χ3v) is 3.65. The van der Waals surface area contributed by atoms with Crippen molar-refractivity contribution in [2.24, 2.45) is 0 Å². The molecule has 0 amide bonds. The first kappa shape index (κ1) is 13.0. The summed E-state index contributed by atoms with van der Waals surface area (Å²) in [6.45, 7) is 3.66. The number of fused-ring (bicyclic) bond motifs is 1. The number of ether oxygens (including phenoxy) is 1. The van der Waals surface area contributed by atoms with E-state index in [0.29, 0.717) is 4.60 Å². The van der Waals surface area contributed by atoms with Gasteiger partial charge in [-0.2, -0.15) is 0 Å². The van der Waals surface area contributed by atoms with Crippen LogP contribution in [0.2, 0.25) is 0 Å². The molecule has 0 aliphatic carbocycles. The van der Waals surface area contributed by atoms with E-state index in [1.165, 1.54) is 7.11 Å². The van der Waals surface area contributed by atoms with E-state index in [4.69, 9.17) is 4.74 Å². The number of carbonyl (C=O) groups excluding carboxylic acids is 1. The van der Waals surface area contributed by atoms with Crippen molar-refractivity contribution < 1.29 is 9.53 Å². The lowest BCUT2D eigenvalue weighted by Crippen LogP contribution is -2.30. The lowest BCUT2D eigenvalue weighted by molar-refractivity contribution is -0.146. The van der Waals surface area contributed by atoms with Crippen LogP contribution < -0.4 is 0 Å². The molecule has 0 atom stereocenters. The van der Waals surface area contributed by atoms with E-state index < -0.39 is 5.41 Å². The smallest absolute Gasteiger partial charge is 0.315 e. The van der Waals surface area contributed by atoms with Crippen LogP contribution in [-0.4, -0.2) is 18.1 Å². The Bertz CT molecular complexity index is 608. The molecule has 18 heavy (non-hydrogen) atoms. The summed E-state index contributed by atoms with van der Waals surface area (Å²) in [4.78, 5) is 16.3. The molecular weight excluding hydrogens is 294 g/mol. The second kappa shape index (κ2) is 4.69. The number of rotatable bonds is 2. The van der Waals surface area contributed by atoms with Crippen LogP contribution in [0.25, 0.3) is 10.9 Å². The Morgan fingerprint density at radius 3 is 2.67 bits per heavy atom. The Balaban J connectivity index is 2.64. The summed E-state index contributed by atoms with van der Waals surface area (Å²) in [5, 5.41) is 1.01. The average molecular weight is 308 g/mol. The summed E-state index contributed by atoms with van der Waals surface area (Å²) < 4.78 is 5.53. The van der Waals surface area contributed by atoms with Crippen molar-refractivity contribution in [3.8, 4) is 0 Å². The maximum absolute atomic E-state index is 11.9. The lowest BCUT2D eigenvalue weighted by Gasteiger charge is -2.23. The van der Waals surface area contributed by atoms with Gasteiger partial charge in [0.15, 0.2) is 0 Å². The number of halogens is 1. The second-order valence-corrected chi connectivity index (χ2v) is 5.39. The Morgan fingerprint density at radius 2 is 2.00 bits per heavy atom. The average Bonchev–Trinajstić information content (AvgIpc) is 2.36. The maximum atomic E-state index is 11.9. The highest BCUT2D eigenvalue weighted by Crippen LogP contribution is 2.32. The highest BCUT2D eigenvalue weighted by molar-refractivity contribution is 9.10. The summed E-state index contributed by atoms with van der Waals surface area (Å²) in [5.41, 5.74) is 0.992. The molecule has 0 bridgehead atoms. The maximum Gasteiger partial charge on any atom is 0.315 e. The molecule has 0 fully saturated rings. The van der Waals surface area contributed by atoms with Crippen LogP contribution >= 0.6 is 15.9 Å². The Labute approximate surface area is 114 Å². The van der Waals surface area contributed by atoms with Crippen LogP contribution in [0, 0.1) is 0 Å². The van der Waals surface area contributed by atoms with Gasteiger partial charge in [-0.1, -0.05) is 18.2 Å². The number of nitrogens with zero attached hydrogens (tertiary/aromatic N) is 1. The molecule has 1 aromatic carbocycles. The van der Waals surface area contributed by atoms with Gasteiger partial charge in [-0.25, -0.2) is 4.98 Å². The molecular formula is C14H14BrNO2. The van der Waals surface area contributed by atoms with Crippen molar-refractivity contribution >= 4 is 32.8 Å². The SMILES string of the molecule is COC(=O)C(C)(C)c1cc2ccccc2nc1Br. The Kier molecular flexibility index (Phi) is 3.39. The molecule has 4 heteroatoms. The van der Waals surface area contributed by atoms with Crippen LogP contribution in [0.5, 0.6) is 0 Å². The van der Waals surface area contributed by atoms with Gasteiger partial charge in [0.25, 0.3) is 0 Å². The minimum absolute atomic E-state index is 0.278. The van der Waals surface area contributed by atoms with E-state index in [9.17, 15) is 4.79 Å². The van der Waals surface area contributed by atoms with Crippen molar-refractivity contribution in [3.63, 3.8) is 0 Å². The normalized spacial score (nSPS) is 11.6. The molecule has 3 nitrogen and oxygen atoms in total. The number of hydrogen-bond donors (Lipinski definition) is 0. The third kappa shape index (κ3) is 2.12. The number of hydrogen-bond acceptors (Lipinski definition) is 3. The van der Waals surface area contributed by atoms with Crippen molar-refractivity contribution in [1.82, 2.24) is 4.98 Å². The lowest BCUT2D eigenvalue weighted by atomic mass is 9.85. The first-order chi connectivity index (χ1) is 8.46. The van der Waals surface area contributed by atoms with Gasteiger partial charge in [-0.3, -0.25) is 4.79 Å². The first-order valence-electron chi connectivity index (χ1n) is 5.61. The van der Waals surface area contributed by atoms with E-state index in [1.807, 2.05) is 44.2 Å². The zero-order chi connectivity index (χ0) is 13.3. The number of carbonyl (C=O) groups is 1. The highest BCUT2D eigenvalue weighted by atomic mass is 79.9. The van der Waals surface area contributed by atoms with Crippen molar-refractivity contribution in [3.05, 3.63) is 40.5 Å². The van der Waals surface area contributed by atoms with Gasteiger partial charge in [0, 0.05) is 10.9 Å². The predicted octanol–water partition coefficient (Wildman–Crippen LogP) is 3.45. The molecule has 1 aromatic heterocycles. The number of aromatic nitrogens is 1. The van der Waals surface area contributed by atoms with Crippen molar-refractivity contribution in [1.29, 1.82) is 0 Å². The Hall–Kier alpha value is -1.42. The van der Waals surface area contributed by atoms with Gasteiger partial charge in [0.1, 0.15) is 4.60 Å². The summed E-state index contributed by atoms with van der Waals surface area (Å²) in [7, 11) is 1.40. The number of esters is 1. The Morgan fingerprint density at radius 1 is 1.33 bits per heavy atom. The topological polar surface area (TPSA) is 39.2 Å². The van der Waals surface area contributed by atoms with Gasteiger partial charge in [0.2, 0.25) is 0 Å². The molecule has 0 unspecified atom stereocenters. The second-order valence-electron chi connectivity index (χ2n) is 4.64. The van der Waals surface area contributed by atoms with Crippen LogP contribution in [0.3, 0.4) is 0 Å². The standard InChI is InChI=1S/C14H14BrNO2/c1-14(2,13(17)18-3)10-8-9-6-4-5-7-11(9)16-12(10)15/h4-8H,1-3H3. The van der Waals surface area contributed by atoms with Gasteiger partial charge in [-0.15, -0.1) is 0 Å². The molecule has 0 aliphatic rings. The summed E-state index contributed by atoms with van der Waals surface area (Å²) in [6.07, 6.45) is 0. The quantitative estimate of drug-likeness (QED) is 0.630. The third-order valence-electron chi connectivity index (χ3n) is 3.05. The highest BCUT2D eigenvalue weighted by Gasteiger charge is 2.33. The summed E-state index contributed by atoms with van der Waals surface area (Å²) >= 11 is 3.43. The molecule has 0 aliphatic heterocycles. The number of benzene rings is 1. The minimum atomic E-state index is -0.732. The molecule has 1 heterocycles. The van der Waals surface area contributed by atoms with E-state index in [2.05, 4.69) is 20.9 Å². The van der Waals surface area contributed by atoms with Crippen LogP contribution in [0.4, 0.5) is 0 Å². The van der Waals surface area contributed by atoms with Crippen molar-refractivity contribution in [2.45, 2.75) is 19.3 Å². The molecule has 2 aromatic rings. The molecule has 0 saturated heterocycles. The molecule has 0 spiro atoms. The van der Waals surface area contributed by atoms with E-state index in [0.717, 1.165) is 16.5 Å². The minimum Gasteiger partial charge on any atom is -0.468 e. The molecule has 0 saturated carbocycles. The zero-order valence-corrected chi connectivity index (χ0v) is 12.1. The van der Waals surface area contributed by atoms with Gasteiger partial charge in [-0.05, 0) is 41.9 Å². The van der Waals surface area contributed by atoms with Gasteiger partial charge in [0.05, 0.1) is 18.0 Å². The fourth-order valence-electron chi connectivity index (χ4n) is 1.90. The van der Waals surface area contributed by atoms with Gasteiger partial charge >= 0.3 is 5.97 Å². The number of pyridine rings is 1. The van der Waals surface area contributed by atoms with E-state index in [1.54, 1.807) is 0 Å². The van der Waals surface area contributed by atoms with E-state index >= 15 is 0 Å². The van der Waals surface area contributed by atoms with Crippen molar-refractivity contribution in [2.75, 3.05) is 7.11 Å². The van der Waals surface area contributed by atoms with Crippen LogP contribution in [-0.2, 0) is 14.9 Å². The fraction of sp³-hybridized carbons (Fsp3) is 0.286. The number of methoxy groups -OCH3 is 1. The van der Waals surface area contributed by atoms with Gasteiger partial charge < -0.3 is 4.74 Å². The largest absolute Gasteiger partial charge is 0.468 e. The van der Waals surface area contributed by atoms with Crippen LogP contribution in [0.1, 0.15) is 19.4 Å². The molecule has 0 radical (unpaired) electrons. The zero-order valence-electron chi connectivity index (χ0n) is 10.5. The van der Waals surface area contributed by atoms with Crippen LogP contribution in [0.15, 0.2) is 34.9 Å². The summed E-state index contributed by atoms with van der Waals surface area (Å²) in [5.74, 6) is -0.278. The fourth-order valence-corrected chi connectivity index (χ4v) is 2.70. The first-order valence-corrected chi connectivity index (χ1v) is 6.40. The molecule has 0 N–H and O–H groups in total. The number of para-hydroxylation sites is 1. The summed E-state index contributed by atoms with van der Waals surface area (Å²) in [6, 6.07) is 9.78. The molecule has 94 valence electrons. The monoisotopic (exact) mass is 307 g/mol.